The minimum Gasteiger partial charge on any atom is -0.369 e. The predicted octanol–water partition coefficient (Wildman–Crippen LogP) is 2.78. The third-order valence-electron chi connectivity index (χ3n) is 3.25. The lowest BCUT2D eigenvalue weighted by Crippen LogP contribution is -2.43. The predicted molar refractivity (Wildman–Crippen MR) is 88.3 cm³/mol. The molecule has 1 aliphatic rings. The van der Waals surface area contributed by atoms with Gasteiger partial charge in [-0.3, -0.25) is 4.79 Å². The molecule has 0 aliphatic carbocycles. The van der Waals surface area contributed by atoms with E-state index in [2.05, 4.69) is 46.6 Å². The molecule has 20 heavy (non-hydrogen) atoms. The van der Waals surface area contributed by atoms with Gasteiger partial charge in [-0.2, -0.15) is 0 Å². The number of nitrogens with zero attached hydrogens (tertiary/aromatic N) is 1. The molecular formula is C16H22N2OS. The van der Waals surface area contributed by atoms with Crippen molar-refractivity contribution in [1.82, 2.24) is 5.32 Å². The van der Waals surface area contributed by atoms with E-state index in [9.17, 15) is 4.79 Å². The van der Waals surface area contributed by atoms with Crippen LogP contribution >= 0.6 is 11.8 Å². The third-order valence-corrected chi connectivity index (χ3v) is 4.10. The van der Waals surface area contributed by atoms with Crippen LogP contribution in [0.5, 0.6) is 0 Å². The van der Waals surface area contributed by atoms with Crippen molar-refractivity contribution in [2.45, 2.75) is 13.3 Å². The molecule has 0 atom stereocenters. The second-order valence-electron chi connectivity index (χ2n) is 4.86. The van der Waals surface area contributed by atoms with E-state index in [0.717, 1.165) is 38.4 Å². The Morgan fingerprint density at radius 1 is 1.40 bits per heavy atom. The van der Waals surface area contributed by atoms with E-state index < -0.39 is 0 Å². The number of nitrogens with one attached hydrogen (secondary N) is 1. The van der Waals surface area contributed by atoms with Gasteiger partial charge in [0.25, 0.3) is 0 Å². The van der Waals surface area contributed by atoms with E-state index in [1.54, 1.807) is 6.92 Å². The summed E-state index contributed by atoms with van der Waals surface area (Å²) in [5, 5.41) is 3.56. The molecule has 0 spiro atoms. The number of hydrogen-bond acceptors (Lipinski definition) is 4. The van der Waals surface area contributed by atoms with Crippen LogP contribution in [0.15, 0.2) is 30.3 Å². The first-order valence-corrected chi connectivity index (χ1v) is 8.10. The number of anilines is 1. The number of piperazine rings is 1. The molecule has 4 heteroatoms. The minimum absolute atomic E-state index is 0.194. The fraction of sp³-hybridized carbons (Fsp3) is 0.438. The smallest absolute Gasteiger partial charge is 0.185 e. The molecule has 0 saturated carbocycles. The van der Waals surface area contributed by atoms with Crippen LogP contribution in [-0.4, -0.2) is 37.0 Å². The van der Waals surface area contributed by atoms with Gasteiger partial charge in [0.2, 0.25) is 0 Å². The summed E-state index contributed by atoms with van der Waals surface area (Å²) in [6.07, 6.45) is 5.22. The fourth-order valence-corrected chi connectivity index (χ4v) is 2.78. The summed E-state index contributed by atoms with van der Waals surface area (Å²) in [4.78, 5) is 13.2. The van der Waals surface area contributed by atoms with Gasteiger partial charge in [0.05, 0.1) is 0 Å². The Kier molecular flexibility index (Phi) is 6.15. The number of hydrogen-bond donors (Lipinski definition) is 1. The van der Waals surface area contributed by atoms with Crippen LogP contribution in [-0.2, 0) is 4.79 Å². The molecule has 1 aliphatic heterocycles. The summed E-state index contributed by atoms with van der Waals surface area (Å²) in [7, 11) is 0. The zero-order valence-corrected chi connectivity index (χ0v) is 12.8. The van der Waals surface area contributed by atoms with E-state index in [1.807, 2.05) is 0 Å². The summed E-state index contributed by atoms with van der Waals surface area (Å²) in [5.74, 6) is 0.864. The molecule has 0 radical (unpaired) electrons. The van der Waals surface area contributed by atoms with Gasteiger partial charge in [0, 0.05) is 44.5 Å². The first kappa shape index (κ1) is 15.1. The van der Waals surface area contributed by atoms with Crippen LogP contribution in [0.2, 0.25) is 0 Å². The summed E-state index contributed by atoms with van der Waals surface area (Å²) in [5.41, 5.74) is 2.53. The van der Waals surface area contributed by atoms with Gasteiger partial charge in [-0.25, -0.2) is 0 Å². The van der Waals surface area contributed by atoms with E-state index in [1.165, 1.54) is 23.0 Å². The van der Waals surface area contributed by atoms with E-state index in [0.29, 0.717) is 0 Å². The maximum Gasteiger partial charge on any atom is 0.185 e. The van der Waals surface area contributed by atoms with E-state index in [-0.39, 0.29) is 5.12 Å². The Labute approximate surface area is 125 Å². The Morgan fingerprint density at radius 2 is 2.20 bits per heavy atom. The number of rotatable bonds is 5. The van der Waals surface area contributed by atoms with Gasteiger partial charge in [0.1, 0.15) is 0 Å². The zero-order chi connectivity index (χ0) is 14.2. The fourth-order valence-electron chi connectivity index (χ4n) is 2.24. The lowest BCUT2D eigenvalue weighted by molar-refractivity contribution is -0.109. The molecule has 108 valence electrons. The van der Waals surface area contributed by atoms with Crippen LogP contribution in [0.4, 0.5) is 5.69 Å². The van der Waals surface area contributed by atoms with Gasteiger partial charge in [0.15, 0.2) is 5.12 Å². The molecule has 0 unspecified atom stereocenters. The van der Waals surface area contributed by atoms with E-state index in [4.69, 9.17) is 0 Å². The van der Waals surface area contributed by atoms with Crippen LogP contribution < -0.4 is 10.2 Å². The summed E-state index contributed by atoms with van der Waals surface area (Å²) in [6.45, 7) is 5.88. The largest absolute Gasteiger partial charge is 0.369 e. The molecule has 0 bridgehead atoms. The Morgan fingerprint density at radius 3 is 2.95 bits per heavy atom. The molecule has 1 aromatic carbocycles. The number of carbonyl (C=O) groups is 1. The van der Waals surface area contributed by atoms with Crippen molar-refractivity contribution < 1.29 is 4.79 Å². The van der Waals surface area contributed by atoms with Crippen molar-refractivity contribution in [2.24, 2.45) is 0 Å². The standard InChI is InChI=1S/C16H22N2OS/c1-14(19)20-12-3-2-5-15-6-4-7-16(13-15)18-10-8-17-9-11-18/h2,4-7,13,17H,3,8-12H2,1H3. The molecule has 3 nitrogen and oxygen atoms in total. The molecule has 1 fully saturated rings. The van der Waals surface area contributed by atoms with Gasteiger partial charge in [-0.05, 0) is 24.1 Å². The van der Waals surface area contributed by atoms with Gasteiger partial charge in [-0.15, -0.1) is 0 Å². The Balaban J connectivity index is 1.88. The van der Waals surface area contributed by atoms with Crippen molar-refractivity contribution in [3.8, 4) is 0 Å². The number of carbonyl (C=O) groups excluding carboxylic acids is 1. The van der Waals surface area contributed by atoms with Crippen molar-refractivity contribution >= 4 is 28.6 Å². The lowest BCUT2D eigenvalue weighted by atomic mass is 10.1. The lowest BCUT2D eigenvalue weighted by Gasteiger charge is -2.29. The van der Waals surface area contributed by atoms with Crippen molar-refractivity contribution in [2.75, 3.05) is 36.8 Å². The van der Waals surface area contributed by atoms with Crippen LogP contribution in [0, 0.1) is 0 Å². The third kappa shape index (κ3) is 5.02. The second-order valence-corrected chi connectivity index (χ2v) is 6.13. The van der Waals surface area contributed by atoms with Crippen LogP contribution in [0.3, 0.4) is 0 Å². The molecule has 1 heterocycles. The Bertz CT molecular complexity index is 467. The summed E-state index contributed by atoms with van der Waals surface area (Å²) in [6, 6.07) is 8.65. The highest BCUT2D eigenvalue weighted by atomic mass is 32.2. The highest BCUT2D eigenvalue weighted by Gasteiger charge is 2.09. The molecule has 1 N–H and O–H groups in total. The average Bonchev–Trinajstić information content (AvgIpc) is 2.48. The highest BCUT2D eigenvalue weighted by Crippen LogP contribution is 2.18. The zero-order valence-electron chi connectivity index (χ0n) is 12.0. The quantitative estimate of drug-likeness (QED) is 0.845. The molecule has 0 amide bonds. The summed E-state index contributed by atoms with van der Waals surface area (Å²) >= 11 is 1.39. The van der Waals surface area contributed by atoms with Crippen LogP contribution in [0.25, 0.3) is 6.08 Å². The molecular weight excluding hydrogens is 268 g/mol. The molecule has 2 rings (SSSR count). The topological polar surface area (TPSA) is 32.3 Å². The van der Waals surface area contributed by atoms with Gasteiger partial charge < -0.3 is 10.2 Å². The molecule has 1 aromatic rings. The minimum atomic E-state index is 0.194. The van der Waals surface area contributed by atoms with Gasteiger partial charge in [-0.1, -0.05) is 36.0 Å². The molecule has 1 saturated heterocycles. The van der Waals surface area contributed by atoms with Crippen molar-refractivity contribution in [1.29, 1.82) is 0 Å². The van der Waals surface area contributed by atoms with E-state index >= 15 is 0 Å². The number of thioether (sulfide) groups is 1. The molecule has 0 aromatic heterocycles. The maximum atomic E-state index is 10.8. The normalized spacial score (nSPS) is 15.8. The highest BCUT2D eigenvalue weighted by molar-refractivity contribution is 8.13. The van der Waals surface area contributed by atoms with Gasteiger partial charge >= 0.3 is 0 Å². The summed E-state index contributed by atoms with van der Waals surface area (Å²) < 4.78 is 0. The van der Waals surface area contributed by atoms with Crippen molar-refractivity contribution in [3.63, 3.8) is 0 Å². The first-order valence-electron chi connectivity index (χ1n) is 7.11. The van der Waals surface area contributed by atoms with Crippen molar-refractivity contribution in [3.05, 3.63) is 35.9 Å². The number of benzene rings is 1. The second kappa shape index (κ2) is 8.12. The Hall–Kier alpha value is -1.26. The number of allylic oxidation sites excluding steroid dienone is 1. The monoisotopic (exact) mass is 290 g/mol. The average molecular weight is 290 g/mol. The first-order chi connectivity index (χ1) is 9.75. The SMILES string of the molecule is CC(=O)SCCC=Cc1cccc(N2CCNCC2)c1. The maximum absolute atomic E-state index is 10.8. The van der Waals surface area contributed by atoms with Crippen LogP contribution in [0.1, 0.15) is 18.9 Å².